The molecule has 0 unspecified atom stereocenters. The largest absolute Gasteiger partial charge is 0.498 e. The summed E-state index contributed by atoms with van der Waals surface area (Å²) in [5, 5.41) is 11.9. The van der Waals surface area contributed by atoms with E-state index in [9.17, 15) is 5.21 Å². The molecule has 0 atom stereocenters. The van der Waals surface area contributed by atoms with Crippen molar-refractivity contribution in [1.82, 2.24) is 0 Å². The van der Waals surface area contributed by atoms with Gasteiger partial charge in [0, 0.05) is 19.2 Å². The number of hydrogen-bond donors (Lipinski definition) is 0. The Kier molecular flexibility index (Phi) is 4.88. The molecule has 0 radical (unpaired) electrons. The van der Waals surface area contributed by atoms with Gasteiger partial charge in [0.25, 0.3) is 0 Å². The van der Waals surface area contributed by atoms with E-state index < -0.39 is 6.29 Å². The van der Waals surface area contributed by atoms with Crippen LogP contribution in [-0.4, -0.2) is 20.5 Å². The van der Waals surface area contributed by atoms with E-state index in [1.807, 2.05) is 0 Å². The highest BCUT2D eigenvalue weighted by Gasteiger charge is 2.04. The molecule has 4 heteroatoms. The van der Waals surface area contributed by atoms with Crippen LogP contribution >= 0.6 is 0 Å². The van der Waals surface area contributed by atoms with Crippen LogP contribution in [0.25, 0.3) is 5.01 Å². The van der Waals surface area contributed by atoms with E-state index in [1.165, 1.54) is 14.2 Å². The first-order valence-corrected chi connectivity index (χ1v) is 2.46. The summed E-state index contributed by atoms with van der Waals surface area (Å²) in [6.45, 7) is 0. The van der Waals surface area contributed by atoms with Crippen LogP contribution in [0.3, 0.4) is 0 Å². The van der Waals surface area contributed by atoms with E-state index in [0.717, 1.165) is 0 Å². The third-order valence-corrected chi connectivity index (χ3v) is 0.848. The van der Waals surface area contributed by atoms with Crippen molar-refractivity contribution in [2.75, 3.05) is 14.2 Å². The minimum Gasteiger partial charge on any atom is -0.498 e. The van der Waals surface area contributed by atoms with Crippen molar-refractivity contribution in [2.24, 2.45) is 0 Å². The van der Waals surface area contributed by atoms with Crippen LogP contribution in [0.4, 0.5) is 0 Å². The second-order valence-corrected chi connectivity index (χ2v) is 1.35. The van der Waals surface area contributed by atoms with Gasteiger partial charge >= 0.3 is 6.07 Å². The van der Waals surface area contributed by atoms with Gasteiger partial charge in [-0.2, -0.15) is 0 Å². The second kappa shape index (κ2) is 5.35. The molecule has 0 amide bonds. The fourth-order valence-corrected chi connectivity index (χ4v) is 0.375. The molecule has 0 bridgehead atoms. The monoisotopic (exact) mass is 131 g/mol. The van der Waals surface area contributed by atoms with Crippen LogP contribution in [0.1, 0.15) is 6.42 Å². The molecule has 9 heavy (non-hydrogen) atoms. The summed E-state index contributed by atoms with van der Waals surface area (Å²) < 4.78 is 9.44. The highest BCUT2D eigenvalue weighted by Crippen LogP contribution is 1.94. The fraction of sp³-hybridized carbons (Fsp3) is 0.800. The van der Waals surface area contributed by atoms with Gasteiger partial charge in [-0.1, -0.05) is 0 Å². The molecule has 0 aromatic carbocycles. The van der Waals surface area contributed by atoms with Gasteiger partial charge in [-0.15, -0.1) is 0 Å². The smallest absolute Gasteiger partial charge is 0.303 e. The average Bonchev–Trinajstić information content (AvgIpc) is 1.91. The fourth-order valence-electron chi connectivity index (χ4n) is 0.375. The van der Waals surface area contributed by atoms with Gasteiger partial charge in [0.2, 0.25) is 0 Å². The Balaban J connectivity index is 3.39. The maximum Gasteiger partial charge on any atom is 0.303 e. The lowest BCUT2D eigenvalue weighted by atomic mass is 10.5. The molecule has 0 aliphatic heterocycles. The maximum atomic E-state index is 9.47. The summed E-state index contributed by atoms with van der Waals surface area (Å²) in [6, 6.07) is 2.17. The number of ether oxygens (including phenoxy) is 2. The highest BCUT2D eigenvalue weighted by molar-refractivity contribution is 4.87. The molecule has 4 nitrogen and oxygen atoms in total. The molecule has 0 rings (SSSR count). The third kappa shape index (κ3) is 3.76. The van der Waals surface area contributed by atoms with Gasteiger partial charge in [-0.05, 0) is 0 Å². The number of methoxy groups -OCH3 is 2. The number of rotatable bonds is 3. The van der Waals surface area contributed by atoms with E-state index >= 15 is 0 Å². The molecule has 0 heterocycles. The molecule has 0 aromatic heterocycles. The summed E-state index contributed by atoms with van der Waals surface area (Å²) in [6.07, 6.45) is -0.126. The molecule has 0 N–H and O–H groups in total. The first kappa shape index (κ1) is 8.21. The first-order chi connectivity index (χ1) is 4.35. The summed E-state index contributed by atoms with van der Waals surface area (Å²) in [5.74, 6) is 0. The number of hydrogen-bond acceptors (Lipinski definition) is 3. The molecular formula is C5H9NO3. The standard InChI is InChI=1S/C5H9NO3/c1-8-5(9-2)3-4-6-7/h5H,3H2,1-2H3. The molecule has 0 spiro atoms. The van der Waals surface area contributed by atoms with Crippen LogP contribution in [-0.2, 0) is 9.47 Å². The Morgan fingerprint density at radius 3 is 2.44 bits per heavy atom. The Morgan fingerprint density at radius 2 is 2.11 bits per heavy atom. The molecule has 0 aliphatic carbocycles. The van der Waals surface area contributed by atoms with E-state index in [1.54, 1.807) is 0 Å². The van der Waals surface area contributed by atoms with Crippen molar-refractivity contribution in [3.63, 3.8) is 0 Å². The van der Waals surface area contributed by atoms with E-state index in [4.69, 9.17) is 9.47 Å². The molecule has 0 saturated heterocycles. The maximum absolute atomic E-state index is 9.47. The van der Waals surface area contributed by atoms with Crippen molar-refractivity contribution >= 4 is 0 Å². The lowest BCUT2D eigenvalue weighted by Crippen LogP contribution is -2.10. The Bertz CT molecular complexity index is 111. The van der Waals surface area contributed by atoms with Gasteiger partial charge in [-0.3, -0.25) is 0 Å². The van der Waals surface area contributed by atoms with Crippen molar-refractivity contribution in [3.05, 3.63) is 10.2 Å². The minimum atomic E-state index is -0.400. The normalized spacial score (nSPS) is 8.78. The zero-order chi connectivity index (χ0) is 7.11. The SMILES string of the molecule is COC(CC#[N+][O-])OC. The lowest BCUT2D eigenvalue weighted by Gasteiger charge is -2.05. The van der Waals surface area contributed by atoms with Crippen molar-refractivity contribution in [2.45, 2.75) is 12.7 Å². The summed E-state index contributed by atoms with van der Waals surface area (Å²) in [4.78, 5) is 0. The average molecular weight is 131 g/mol. The highest BCUT2D eigenvalue weighted by atomic mass is 16.7. The van der Waals surface area contributed by atoms with Crippen molar-refractivity contribution in [3.8, 4) is 6.07 Å². The molecule has 0 fully saturated rings. The lowest BCUT2D eigenvalue weighted by molar-refractivity contribution is -0.0973. The molecule has 0 saturated carbocycles. The molecule has 52 valence electrons. The zero-order valence-electron chi connectivity index (χ0n) is 5.46. The van der Waals surface area contributed by atoms with Gasteiger partial charge < -0.3 is 14.7 Å². The Morgan fingerprint density at radius 1 is 1.56 bits per heavy atom. The summed E-state index contributed by atoms with van der Waals surface area (Å²) in [7, 11) is 2.97. The first-order valence-electron chi connectivity index (χ1n) is 2.46. The van der Waals surface area contributed by atoms with Gasteiger partial charge in [0.15, 0.2) is 6.29 Å². The van der Waals surface area contributed by atoms with Crippen molar-refractivity contribution in [1.29, 1.82) is 0 Å². The van der Waals surface area contributed by atoms with Crippen LogP contribution in [0.15, 0.2) is 0 Å². The van der Waals surface area contributed by atoms with E-state index in [0.29, 0.717) is 0 Å². The summed E-state index contributed by atoms with van der Waals surface area (Å²) >= 11 is 0. The second-order valence-electron chi connectivity index (χ2n) is 1.35. The topological polar surface area (TPSA) is 45.9 Å². The Labute approximate surface area is 53.8 Å². The third-order valence-electron chi connectivity index (χ3n) is 0.848. The predicted molar refractivity (Wildman–Crippen MR) is 33.0 cm³/mol. The van der Waals surface area contributed by atoms with Crippen LogP contribution in [0.2, 0.25) is 0 Å². The van der Waals surface area contributed by atoms with Gasteiger partial charge in [-0.25, -0.2) is 0 Å². The predicted octanol–water partition coefficient (Wildman–Crippen LogP) is 0.826. The molecule has 0 aromatic rings. The van der Waals surface area contributed by atoms with Crippen molar-refractivity contribution < 1.29 is 9.47 Å². The molecular weight excluding hydrogens is 122 g/mol. The quantitative estimate of drug-likeness (QED) is 0.421. The van der Waals surface area contributed by atoms with Crippen LogP contribution in [0.5, 0.6) is 0 Å². The van der Waals surface area contributed by atoms with E-state index in [-0.39, 0.29) is 6.42 Å². The minimum absolute atomic E-state index is 0.274. The van der Waals surface area contributed by atoms with Gasteiger partial charge in [0.05, 0.1) is 0 Å². The van der Waals surface area contributed by atoms with Crippen LogP contribution in [0, 0.1) is 11.3 Å². The van der Waals surface area contributed by atoms with E-state index in [2.05, 4.69) is 11.1 Å². The molecule has 0 aliphatic rings. The number of nitrogens with zero attached hydrogens (tertiary/aromatic N) is 1. The zero-order valence-corrected chi connectivity index (χ0v) is 5.46. The Hall–Kier alpha value is -0.790. The summed E-state index contributed by atoms with van der Waals surface area (Å²) in [5.41, 5.74) is 0. The van der Waals surface area contributed by atoms with Crippen LogP contribution < -0.4 is 0 Å². The van der Waals surface area contributed by atoms with Gasteiger partial charge in [0.1, 0.15) is 6.42 Å².